The summed E-state index contributed by atoms with van der Waals surface area (Å²) in [5, 5.41) is 5.89. The highest BCUT2D eigenvalue weighted by molar-refractivity contribution is 5.81. The molecule has 7 heteroatoms. The number of amides is 1. The highest BCUT2D eigenvalue weighted by Gasteiger charge is 2.42. The number of benzene rings is 1. The lowest BCUT2D eigenvalue weighted by atomic mass is 10.1. The van der Waals surface area contributed by atoms with Gasteiger partial charge in [0.05, 0.1) is 6.54 Å². The Hall–Kier alpha value is -1.92. The molecule has 0 radical (unpaired) electrons. The number of ether oxygens (including phenoxy) is 1. The van der Waals surface area contributed by atoms with Crippen molar-refractivity contribution in [1.29, 1.82) is 0 Å². The van der Waals surface area contributed by atoms with Crippen LogP contribution in [0.3, 0.4) is 0 Å². The van der Waals surface area contributed by atoms with Gasteiger partial charge in [-0.05, 0) is 49.7 Å². The number of hydrogen-bond acceptors (Lipinski definition) is 3. The molecule has 2 saturated carbocycles. The Morgan fingerprint density at radius 1 is 1.22 bits per heavy atom. The van der Waals surface area contributed by atoms with Crippen LogP contribution in [0.2, 0.25) is 0 Å². The van der Waals surface area contributed by atoms with Crippen molar-refractivity contribution in [2.24, 2.45) is 11.8 Å². The lowest BCUT2D eigenvalue weighted by molar-refractivity contribution is -0.274. The zero-order valence-corrected chi connectivity index (χ0v) is 12.5. The molecule has 0 unspecified atom stereocenters. The maximum atomic E-state index is 12.2. The van der Waals surface area contributed by atoms with Crippen molar-refractivity contribution in [3.63, 3.8) is 0 Å². The number of anilines is 1. The molecule has 4 nitrogen and oxygen atoms in total. The summed E-state index contributed by atoms with van der Waals surface area (Å²) in [6.07, 6.45) is -0.0352. The second-order valence-corrected chi connectivity index (χ2v) is 6.20. The normalized spacial score (nSPS) is 17.9. The Bertz CT molecular complexity index is 557. The monoisotopic (exact) mass is 328 g/mol. The Morgan fingerprint density at radius 3 is 2.43 bits per heavy atom. The topological polar surface area (TPSA) is 50.4 Å². The van der Waals surface area contributed by atoms with E-state index in [0.29, 0.717) is 17.5 Å². The smallest absolute Gasteiger partial charge is 0.406 e. The van der Waals surface area contributed by atoms with Crippen molar-refractivity contribution in [3.05, 3.63) is 24.3 Å². The molecule has 2 N–H and O–H groups in total. The van der Waals surface area contributed by atoms with E-state index in [4.69, 9.17) is 0 Å². The molecule has 1 aromatic rings. The Kier molecular flexibility index (Phi) is 4.37. The Labute approximate surface area is 132 Å². The third-order valence-corrected chi connectivity index (χ3v) is 4.11. The zero-order chi connectivity index (χ0) is 16.4. The van der Waals surface area contributed by atoms with Gasteiger partial charge in [-0.2, -0.15) is 0 Å². The third-order valence-electron chi connectivity index (χ3n) is 4.11. The zero-order valence-electron chi connectivity index (χ0n) is 12.5. The van der Waals surface area contributed by atoms with E-state index in [1.165, 1.54) is 43.9 Å². The quantitative estimate of drug-likeness (QED) is 0.807. The highest BCUT2D eigenvalue weighted by atomic mass is 19.4. The molecule has 1 amide bonds. The van der Waals surface area contributed by atoms with Crippen LogP contribution in [0.4, 0.5) is 18.9 Å². The van der Waals surface area contributed by atoms with E-state index < -0.39 is 6.36 Å². The first-order valence-electron chi connectivity index (χ1n) is 7.80. The van der Waals surface area contributed by atoms with Gasteiger partial charge in [-0.1, -0.05) is 6.07 Å². The fourth-order valence-corrected chi connectivity index (χ4v) is 2.75. The maximum Gasteiger partial charge on any atom is 0.573 e. The molecule has 2 aliphatic rings. The molecular formula is C16H19F3N2O2. The number of rotatable bonds is 7. The van der Waals surface area contributed by atoms with Crippen molar-refractivity contribution in [3.8, 4) is 5.75 Å². The van der Waals surface area contributed by atoms with Gasteiger partial charge in [-0.3, -0.25) is 4.79 Å². The molecule has 0 aromatic heterocycles. The van der Waals surface area contributed by atoms with E-state index >= 15 is 0 Å². The summed E-state index contributed by atoms with van der Waals surface area (Å²) in [4.78, 5) is 12.0. The molecule has 3 rings (SSSR count). The number of halogens is 3. The third kappa shape index (κ3) is 5.04. The van der Waals surface area contributed by atoms with Gasteiger partial charge in [0.25, 0.3) is 0 Å². The van der Waals surface area contributed by atoms with E-state index in [0.717, 1.165) is 0 Å². The van der Waals surface area contributed by atoms with Crippen LogP contribution in [0.5, 0.6) is 5.75 Å². The molecule has 23 heavy (non-hydrogen) atoms. The molecule has 0 atom stereocenters. The molecule has 0 saturated heterocycles. The second kappa shape index (κ2) is 6.29. The molecule has 126 valence electrons. The summed E-state index contributed by atoms with van der Waals surface area (Å²) >= 11 is 0. The summed E-state index contributed by atoms with van der Waals surface area (Å²) in [5.74, 6) is 0.776. The van der Waals surface area contributed by atoms with Crippen molar-refractivity contribution >= 4 is 11.6 Å². The minimum atomic E-state index is -4.72. The van der Waals surface area contributed by atoms with Gasteiger partial charge in [0.2, 0.25) is 5.91 Å². The summed E-state index contributed by atoms with van der Waals surface area (Å²) in [7, 11) is 0. The molecule has 0 spiro atoms. The van der Waals surface area contributed by atoms with Gasteiger partial charge in [0, 0.05) is 17.8 Å². The first-order valence-corrected chi connectivity index (χ1v) is 7.80. The Morgan fingerprint density at radius 2 is 1.87 bits per heavy atom. The molecule has 2 aliphatic carbocycles. The van der Waals surface area contributed by atoms with E-state index in [1.807, 2.05) is 0 Å². The molecule has 2 fully saturated rings. The van der Waals surface area contributed by atoms with Crippen molar-refractivity contribution < 1.29 is 22.7 Å². The van der Waals surface area contributed by atoms with Crippen LogP contribution in [-0.4, -0.2) is 24.9 Å². The van der Waals surface area contributed by atoms with Crippen molar-refractivity contribution in [2.45, 2.75) is 38.1 Å². The minimum Gasteiger partial charge on any atom is -0.406 e. The van der Waals surface area contributed by atoms with Crippen LogP contribution in [-0.2, 0) is 4.79 Å². The predicted molar refractivity (Wildman–Crippen MR) is 79.0 cm³/mol. The standard InChI is InChI=1S/C16H19F3N2O2/c17-16(18,19)23-13-3-1-2-12(8-13)20-9-14(22)21-15(10-4-5-10)11-6-7-11/h1-3,8,10-11,15,20H,4-7,9H2,(H,21,22). The molecule has 0 aliphatic heterocycles. The van der Waals surface area contributed by atoms with Gasteiger partial charge in [0.15, 0.2) is 0 Å². The van der Waals surface area contributed by atoms with Crippen LogP contribution < -0.4 is 15.4 Å². The van der Waals surface area contributed by atoms with Crippen molar-refractivity contribution in [2.75, 3.05) is 11.9 Å². The predicted octanol–water partition coefficient (Wildman–Crippen LogP) is 3.30. The van der Waals surface area contributed by atoms with E-state index in [9.17, 15) is 18.0 Å². The average molecular weight is 328 g/mol. The lowest BCUT2D eigenvalue weighted by Crippen LogP contribution is -2.41. The second-order valence-electron chi connectivity index (χ2n) is 6.20. The van der Waals surface area contributed by atoms with E-state index in [2.05, 4.69) is 15.4 Å². The summed E-state index contributed by atoms with van der Waals surface area (Å²) in [6, 6.07) is 5.74. The van der Waals surface area contributed by atoms with E-state index in [-0.39, 0.29) is 24.2 Å². The fraction of sp³-hybridized carbons (Fsp3) is 0.562. The average Bonchev–Trinajstić information content (AvgIpc) is 3.35. The number of alkyl halides is 3. The van der Waals surface area contributed by atoms with Crippen LogP contribution >= 0.6 is 0 Å². The fourth-order valence-electron chi connectivity index (χ4n) is 2.75. The molecule has 0 bridgehead atoms. The maximum absolute atomic E-state index is 12.2. The number of nitrogens with one attached hydrogen (secondary N) is 2. The number of carbonyl (C=O) groups is 1. The van der Waals surface area contributed by atoms with Gasteiger partial charge in [-0.25, -0.2) is 0 Å². The van der Waals surface area contributed by atoms with Gasteiger partial charge >= 0.3 is 6.36 Å². The number of hydrogen-bond donors (Lipinski definition) is 2. The summed E-state index contributed by atoms with van der Waals surface area (Å²) in [5.41, 5.74) is 0.413. The van der Waals surface area contributed by atoms with Crippen LogP contribution in [0, 0.1) is 11.8 Å². The highest BCUT2D eigenvalue weighted by Crippen LogP contribution is 2.44. The summed E-state index contributed by atoms with van der Waals surface area (Å²) < 4.78 is 40.4. The molecular weight excluding hydrogens is 309 g/mol. The largest absolute Gasteiger partial charge is 0.573 e. The van der Waals surface area contributed by atoms with Crippen LogP contribution in [0.15, 0.2) is 24.3 Å². The van der Waals surface area contributed by atoms with Gasteiger partial charge in [-0.15, -0.1) is 13.2 Å². The Balaban J connectivity index is 1.49. The number of carbonyl (C=O) groups excluding carboxylic acids is 1. The van der Waals surface area contributed by atoms with Gasteiger partial charge < -0.3 is 15.4 Å². The van der Waals surface area contributed by atoms with Crippen molar-refractivity contribution in [1.82, 2.24) is 5.32 Å². The molecule has 0 heterocycles. The van der Waals surface area contributed by atoms with Crippen LogP contribution in [0.25, 0.3) is 0 Å². The SMILES string of the molecule is O=C(CNc1cccc(OC(F)(F)F)c1)NC(C1CC1)C1CC1. The summed E-state index contributed by atoms with van der Waals surface area (Å²) in [6.45, 7) is 0.0331. The van der Waals surface area contributed by atoms with E-state index in [1.54, 1.807) is 6.07 Å². The van der Waals surface area contributed by atoms with Gasteiger partial charge in [0.1, 0.15) is 5.75 Å². The molecule has 1 aromatic carbocycles. The lowest BCUT2D eigenvalue weighted by Gasteiger charge is -2.18. The van der Waals surface area contributed by atoms with Crippen LogP contribution in [0.1, 0.15) is 25.7 Å². The first kappa shape index (κ1) is 16.0. The first-order chi connectivity index (χ1) is 10.9. The minimum absolute atomic E-state index is 0.0331.